The Bertz CT molecular complexity index is 376. The Hall–Kier alpha value is -0.890. The van der Waals surface area contributed by atoms with Gasteiger partial charge in [0.1, 0.15) is 0 Å². The van der Waals surface area contributed by atoms with E-state index in [1.54, 1.807) is 0 Å². The lowest BCUT2D eigenvalue weighted by Crippen LogP contribution is -2.28. The number of hydrogen-bond donors (Lipinski definition) is 1. The summed E-state index contributed by atoms with van der Waals surface area (Å²) < 4.78 is 0.997. The van der Waals surface area contributed by atoms with Crippen LogP contribution < -0.4 is 0 Å². The van der Waals surface area contributed by atoms with E-state index in [0.717, 1.165) is 10.0 Å². The molecular weight excluding hydrogens is 268 g/mol. The van der Waals surface area contributed by atoms with Crippen molar-refractivity contribution in [3.63, 3.8) is 0 Å². The van der Waals surface area contributed by atoms with Crippen LogP contribution in [-0.2, 0) is 0 Å². The van der Waals surface area contributed by atoms with Crippen LogP contribution >= 0.6 is 15.9 Å². The van der Waals surface area contributed by atoms with Gasteiger partial charge in [-0.05, 0) is 24.7 Å². The summed E-state index contributed by atoms with van der Waals surface area (Å²) in [6.07, 6.45) is 0.473. The number of aliphatic hydroxyl groups is 1. The fourth-order valence-corrected chi connectivity index (χ4v) is 2.01. The van der Waals surface area contributed by atoms with Gasteiger partial charge in [0.15, 0.2) is 0 Å². The molecule has 0 aliphatic carbocycles. The summed E-state index contributed by atoms with van der Waals surface area (Å²) >= 11 is 3.41. The molecule has 1 rings (SSSR count). The Morgan fingerprint density at radius 3 is 2.88 bits per heavy atom. The fraction of sp³-hybridized carbons (Fsp3) is 0.417. The van der Waals surface area contributed by atoms with E-state index in [0.29, 0.717) is 13.0 Å². The summed E-state index contributed by atoms with van der Waals surface area (Å²) in [7, 11) is 1.92. The van der Waals surface area contributed by atoms with E-state index >= 15 is 0 Å². The van der Waals surface area contributed by atoms with Crippen LogP contribution in [0.15, 0.2) is 28.7 Å². The zero-order valence-corrected chi connectivity index (χ0v) is 10.8. The first-order valence-corrected chi connectivity index (χ1v) is 5.92. The van der Waals surface area contributed by atoms with Gasteiger partial charge in [-0.15, -0.1) is 0 Å². The highest BCUT2D eigenvalue weighted by molar-refractivity contribution is 9.10. The van der Waals surface area contributed by atoms with Crippen molar-refractivity contribution in [1.82, 2.24) is 4.90 Å². The zero-order chi connectivity index (χ0) is 12.0. The lowest BCUT2D eigenvalue weighted by atomic mass is 10.1. The van der Waals surface area contributed by atoms with Crippen molar-refractivity contribution >= 4 is 15.9 Å². The van der Waals surface area contributed by atoms with E-state index in [2.05, 4.69) is 22.0 Å². The number of likely N-dealkylation sites (N-methyl/N-ethyl adjacent to an activating group) is 1. The molecule has 0 saturated heterocycles. The lowest BCUT2D eigenvalue weighted by Gasteiger charge is -2.26. The molecule has 0 spiro atoms. The SMILES string of the molecule is CN(CCC#N)C(CO)c1cccc(Br)c1. The van der Waals surface area contributed by atoms with Crippen molar-refractivity contribution in [2.24, 2.45) is 0 Å². The van der Waals surface area contributed by atoms with Crippen molar-refractivity contribution in [2.75, 3.05) is 20.2 Å². The minimum atomic E-state index is -0.0501. The molecule has 0 saturated carbocycles. The summed E-state index contributed by atoms with van der Waals surface area (Å²) in [5, 5.41) is 17.9. The van der Waals surface area contributed by atoms with Gasteiger partial charge in [0, 0.05) is 17.4 Å². The molecule has 16 heavy (non-hydrogen) atoms. The standard InChI is InChI=1S/C12H15BrN2O/c1-15(7-3-6-14)12(9-16)10-4-2-5-11(13)8-10/h2,4-5,8,12,16H,3,7,9H2,1H3. The average Bonchev–Trinajstić information content (AvgIpc) is 2.27. The van der Waals surface area contributed by atoms with Gasteiger partial charge in [-0.1, -0.05) is 28.1 Å². The average molecular weight is 283 g/mol. The van der Waals surface area contributed by atoms with Crippen LogP contribution in [0.25, 0.3) is 0 Å². The predicted molar refractivity (Wildman–Crippen MR) is 66.8 cm³/mol. The van der Waals surface area contributed by atoms with Crippen LogP contribution in [-0.4, -0.2) is 30.2 Å². The normalized spacial score (nSPS) is 12.4. The van der Waals surface area contributed by atoms with Gasteiger partial charge in [-0.3, -0.25) is 4.90 Å². The van der Waals surface area contributed by atoms with E-state index in [4.69, 9.17) is 5.26 Å². The van der Waals surface area contributed by atoms with Crippen molar-refractivity contribution in [3.8, 4) is 6.07 Å². The predicted octanol–water partition coefficient (Wildman–Crippen LogP) is 2.33. The lowest BCUT2D eigenvalue weighted by molar-refractivity contribution is 0.150. The van der Waals surface area contributed by atoms with E-state index in [1.807, 2.05) is 36.2 Å². The first-order valence-electron chi connectivity index (χ1n) is 5.12. The summed E-state index contributed by atoms with van der Waals surface area (Å²) in [6, 6.07) is 9.92. The second-order valence-corrected chi connectivity index (χ2v) is 4.56. The molecule has 0 bridgehead atoms. The summed E-state index contributed by atoms with van der Waals surface area (Å²) in [5.41, 5.74) is 1.05. The number of benzene rings is 1. The van der Waals surface area contributed by atoms with Gasteiger partial charge >= 0.3 is 0 Å². The van der Waals surface area contributed by atoms with Crippen LogP contribution in [0.2, 0.25) is 0 Å². The van der Waals surface area contributed by atoms with E-state index in [1.165, 1.54) is 0 Å². The molecule has 0 aliphatic heterocycles. The summed E-state index contributed by atoms with van der Waals surface area (Å²) in [5.74, 6) is 0. The fourth-order valence-electron chi connectivity index (χ4n) is 1.60. The smallest absolute Gasteiger partial charge is 0.0635 e. The molecule has 3 nitrogen and oxygen atoms in total. The third-order valence-corrected chi connectivity index (χ3v) is 3.01. The highest BCUT2D eigenvalue weighted by Gasteiger charge is 2.15. The maximum atomic E-state index is 9.40. The highest BCUT2D eigenvalue weighted by Crippen LogP contribution is 2.22. The van der Waals surface area contributed by atoms with Gasteiger partial charge in [-0.2, -0.15) is 5.26 Å². The molecule has 0 aromatic heterocycles. The van der Waals surface area contributed by atoms with Gasteiger partial charge in [0.2, 0.25) is 0 Å². The molecule has 0 amide bonds. The third-order valence-electron chi connectivity index (χ3n) is 2.51. The van der Waals surface area contributed by atoms with Crippen LogP contribution in [0.4, 0.5) is 0 Å². The van der Waals surface area contributed by atoms with Crippen molar-refractivity contribution < 1.29 is 5.11 Å². The van der Waals surface area contributed by atoms with E-state index < -0.39 is 0 Å². The number of nitriles is 1. The maximum absolute atomic E-state index is 9.40. The monoisotopic (exact) mass is 282 g/mol. The molecular formula is C12H15BrN2O. The van der Waals surface area contributed by atoms with E-state index in [-0.39, 0.29) is 12.6 Å². The Kier molecular flexibility index (Phi) is 5.47. The molecule has 1 atom stereocenters. The molecule has 0 radical (unpaired) electrons. The molecule has 1 unspecified atom stereocenters. The number of halogens is 1. The Balaban J connectivity index is 2.78. The quantitative estimate of drug-likeness (QED) is 0.902. The molecule has 4 heteroatoms. The molecule has 0 aliphatic rings. The van der Waals surface area contributed by atoms with Crippen LogP contribution in [0.5, 0.6) is 0 Å². The molecule has 1 aromatic rings. The Labute approximate surface area is 104 Å². The summed E-state index contributed by atoms with van der Waals surface area (Å²) in [4.78, 5) is 1.99. The van der Waals surface area contributed by atoms with Crippen LogP contribution in [0, 0.1) is 11.3 Å². The second kappa shape index (κ2) is 6.64. The number of rotatable bonds is 5. The topological polar surface area (TPSA) is 47.3 Å². The first-order chi connectivity index (χ1) is 7.69. The van der Waals surface area contributed by atoms with Crippen molar-refractivity contribution in [3.05, 3.63) is 34.3 Å². The second-order valence-electron chi connectivity index (χ2n) is 3.64. The zero-order valence-electron chi connectivity index (χ0n) is 9.23. The molecule has 0 heterocycles. The highest BCUT2D eigenvalue weighted by atomic mass is 79.9. The van der Waals surface area contributed by atoms with E-state index in [9.17, 15) is 5.11 Å². The molecule has 1 aromatic carbocycles. The third kappa shape index (κ3) is 3.60. The Morgan fingerprint density at radius 2 is 2.31 bits per heavy atom. The summed E-state index contributed by atoms with van der Waals surface area (Å²) in [6.45, 7) is 0.715. The van der Waals surface area contributed by atoms with Crippen LogP contribution in [0.3, 0.4) is 0 Å². The Morgan fingerprint density at radius 1 is 1.56 bits per heavy atom. The largest absolute Gasteiger partial charge is 0.394 e. The van der Waals surface area contributed by atoms with Gasteiger partial charge < -0.3 is 5.11 Å². The van der Waals surface area contributed by atoms with Crippen molar-refractivity contribution in [1.29, 1.82) is 5.26 Å². The number of hydrogen-bond acceptors (Lipinski definition) is 3. The number of nitrogens with zero attached hydrogens (tertiary/aromatic N) is 2. The molecule has 86 valence electrons. The minimum absolute atomic E-state index is 0.0501. The first kappa shape index (κ1) is 13.2. The molecule has 1 N–H and O–H groups in total. The van der Waals surface area contributed by atoms with Crippen molar-refractivity contribution in [2.45, 2.75) is 12.5 Å². The maximum Gasteiger partial charge on any atom is 0.0635 e. The number of aliphatic hydroxyl groups excluding tert-OH is 1. The van der Waals surface area contributed by atoms with Crippen LogP contribution in [0.1, 0.15) is 18.0 Å². The van der Waals surface area contributed by atoms with Gasteiger partial charge in [0.25, 0.3) is 0 Å². The minimum Gasteiger partial charge on any atom is -0.394 e. The molecule has 0 fully saturated rings. The van der Waals surface area contributed by atoms with Gasteiger partial charge in [-0.25, -0.2) is 0 Å². The van der Waals surface area contributed by atoms with Gasteiger partial charge in [0.05, 0.1) is 18.7 Å².